The topological polar surface area (TPSA) is 54.9 Å². The van der Waals surface area contributed by atoms with Crippen molar-refractivity contribution in [1.82, 2.24) is 14.9 Å². The van der Waals surface area contributed by atoms with Crippen molar-refractivity contribution in [3.63, 3.8) is 0 Å². The number of carbonyl (C=O) groups excluding carboxylic acids is 1. The summed E-state index contributed by atoms with van der Waals surface area (Å²) < 4.78 is 3.85. The fraction of sp³-hybridized carbons (Fsp3) is 0.357. The normalized spacial score (nSPS) is 20.7. The molecule has 0 bridgehead atoms. The molecular formula is C14H14ClN3OS. The molecule has 0 saturated carbocycles. The molecule has 1 aliphatic carbocycles. The van der Waals surface area contributed by atoms with Crippen molar-refractivity contribution in [2.75, 3.05) is 0 Å². The number of amides is 1. The number of nitrogens with one attached hydrogen (secondary N) is 1. The number of aryl methyl sites for hydroxylation is 1. The molecule has 0 radical (unpaired) electrons. The van der Waals surface area contributed by atoms with Gasteiger partial charge in [-0.3, -0.25) is 4.79 Å². The van der Waals surface area contributed by atoms with Crippen molar-refractivity contribution >= 4 is 29.0 Å². The fourth-order valence-electron chi connectivity index (χ4n) is 2.53. The van der Waals surface area contributed by atoms with Crippen molar-refractivity contribution in [2.45, 2.75) is 31.2 Å². The van der Waals surface area contributed by atoms with Crippen LogP contribution >= 0.6 is 23.1 Å². The highest BCUT2D eigenvalue weighted by molar-refractivity contribution is 7.08. The Balaban J connectivity index is 1.83. The number of carbonyl (C=O) groups is 1. The first-order valence-corrected chi connectivity index (χ1v) is 7.75. The third kappa shape index (κ3) is 2.31. The van der Waals surface area contributed by atoms with Crippen molar-refractivity contribution < 1.29 is 4.79 Å². The summed E-state index contributed by atoms with van der Waals surface area (Å²) in [5.41, 5.74) is 3.05. The Morgan fingerprint density at radius 2 is 2.30 bits per heavy atom. The first kappa shape index (κ1) is 13.5. The van der Waals surface area contributed by atoms with Gasteiger partial charge in [-0.05, 0) is 35.5 Å². The van der Waals surface area contributed by atoms with E-state index in [1.54, 1.807) is 0 Å². The Hall–Kier alpha value is -1.46. The molecule has 20 heavy (non-hydrogen) atoms. The van der Waals surface area contributed by atoms with E-state index in [9.17, 15) is 4.79 Å². The maximum atomic E-state index is 12.4. The Morgan fingerprint density at radius 3 is 3.10 bits per heavy atom. The van der Waals surface area contributed by atoms with Gasteiger partial charge in [0.15, 0.2) is 0 Å². The van der Waals surface area contributed by atoms with E-state index < -0.39 is 0 Å². The number of halogens is 1. The number of rotatable bonds is 3. The zero-order valence-corrected chi connectivity index (χ0v) is 12.5. The number of benzene rings is 1. The summed E-state index contributed by atoms with van der Waals surface area (Å²) >= 11 is 7.51. The largest absolute Gasteiger partial charge is 0.343 e. The molecule has 1 aromatic carbocycles. The van der Waals surface area contributed by atoms with Gasteiger partial charge in [-0.2, -0.15) is 0 Å². The minimum Gasteiger partial charge on any atom is -0.343 e. The molecule has 0 aliphatic heterocycles. The molecule has 0 fully saturated rings. The first-order valence-electron chi connectivity index (χ1n) is 6.54. The van der Waals surface area contributed by atoms with E-state index in [1.165, 1.54) is 5.56 Å². The van der Waals surface area contributed by atoms with Crippen LogP contribution in [0.2, 0.25) is 0 Å². The number of aromatic nitrogens is 2. The lowest BCUT2D eigenvalue weighted by molar-refractivity contribution is 0.0940. The van der Waals surface area contributed by atoms with E-state index in [4.69, 9.17) is 11.6 Å². The van der Waals surface area contributed by atoms with E-state index in [2.05, 4.69) is 21.0 Å². The summed E-state index contributed by atoms with van der Waals surface area (Å²) in [5, 5.41) is 6.88. The summed E-state index contributed by atoms with van der Waals surface area (Å²) in [6.07, 6.45) is 1.48. The molecular weight excluding hydrogens is 294 g/mol. The lowest BCUT2D eigenvalue weighted by Gasteiger charge is -2.17. The average Bonchev–Trinajstić information content (AvgIpc) is 3.04. The van der Waals surface area contributed by atoms with Crippen molar-refractivity contribution in [3.8, 4) is 0 Å². The van der Waals surface area contributed by atoms with E-state index >= 15 is 0 Å². The van der Waals surface area contributed by atoms with Gasteiger partial charge in [0.25, 0.3) is 5.91 Å². The first-order chi connectivity index (χ1) is 9.70. The van der Waals surface area contributed by atoms with Crippen LogP contribution in [0.5, 0.6) is 0 Å². The molecule has 1 amide bonds. The zero-order valence-electron chi connectivity index (χ0n) is 11.0. The summed E-state index contributed by atoms with van der Waals surface area (Å²) in [4.78, 5) is 12.9. The standard InChI is InChI=1S/C14H14ClN3OS/c1-2-11-13(20-18-17-11)14(19)16-12-9-6-4-3-5-8(9)7-10(12)15/h3-6,10,12H,2,7H2,1H3,(H,16,19). The Labute approximate surface area is 126 Å². The molecule has 6 heteroatoms. The van der Waals surface area contributed by atoms with Gasteiger partial charge in [0.2, 0.25) is 0 Å². The highest BCUT2D eigenvalue weighted by Gasteiger charge is 2.32. The van der Waals surface area contributed by atoms with Gasteiger partial charge >= 0.3 is 0 Å². The van der Waals surface area contributed by atoms with E-state index in [0.717, 1.165) is 29.2 Å². The predicted octanol–water partition coefficient (Wildman–Crippen LogP) is 2.74. The Bertz CT molecular complexity index is 643. The maximum Gasteiger partial charge on any atom is 0.265 e. The van der Waals surface area contributed by atoms with E-state index in [1.807, 2.05) is 25.1 Å². The Morgan fingerprint density at radius 1 is 1.50 bits per heavy atom. The molecule has 1 N–H and O–H groups in total. The molecule has 4 nitrogen and oxygen atoms in total. The van der Waals surface area contributed by atoms with Crippen LogP contribution in [-0.4, -0.2) is 20.9 Å². The molecule has 104 valence electrons. The van der Waals surface area contributed by atoms with Crippen LogP contribution in [0.4, 0.5) is 0 Å². The smallest absolute Gasteiger partial charge is 0.265 e. The molecule has 1 heterocycles. The van der Waals surface area contributed by atoms with Crippen LogP contribution in [-0.2, 0) is 12.8 Å². The van der Waals surface area contributed by atoms with Gasteiger partial charge in [0, 0.05) is 0 Å². The molecule has 0 spiro atoms. The number of nitrogens with zero attached hydrogens (tertiary/aromatic N) is 2. The minimum absolute atomic E-state index is 0.109. The quantitative estimate of drug-likeness (QED) is 0.887. The van der Waals surface area contributed by atoms with Crippen molar-refractivity contribution in [2.24, 2.45) is 0 Å². The molecule has 1 aromatic heterocycles. The second kappa shape index (κ2) is 5.50. The van der Waals surface area contributed by atoms with E-state index in [0.29, 0.717) is 11.3 Å². The zero-order chi connectivity index (χ0) is 14.1. The van der Waals surface area contributed by atoms with Gasteiger partial charge in [-0.1, -0.05) is 35.7 Å². The van der Waals surface area contributed by atoms with Crippen LogP contribution in [0.3, 0.4) is 0 Å². The summed E-state index contributed by atoms with van der Waals surface area (Å²) in [6, 6.07) is 7.90. The molecule has 2 aromatic rings. The Kier molecular flexibility index (Phi) is 3.72. The van der Waals surface area contributed by atoms with Crippen molar-refractivity contribution in [1.29, 1.82) is 0 Å². The summed E-state index contributed by atoms with van der Waals surface area (Å²) in [5.74, 6) is -0.135. The van der Waals surface area contributed by atoms with Crippen LogP contribution in [0, 0.1) is 0 Å². The molecule has 2 unspecified atom stereocenters. The third-order valence-corrected chi connectivity index (χ3v) is 4.72. The van der Waals surface area contributed by atoms with Gasteiger partial charge in [0.1, 0.15) is 4.88 Å². The highest BCUT2D eigenvalue weighted by atomic mass is 35.5. The lowest BCUT2D eigenvalue weighted by Crippen LogP contribution is -2.31. The second-order valence-corrected chi connectivity index (χ2v) is 6.09. The molecule has 0 saturated heterocycles. The average molecular weight is 308 g/mol. The second-order valence-electron chi connectivity index (χ2n) is 4.77. The van der Waals surface area contributed by atoms with Crippen LogP contribution in [0.1, 0.15) is 39.5 Å². The van der Waals surface area contributed by atoms with Crippen molar-refractivity contribution in [3.05, 3.63) is 46.0 Å². The van der Waals surface area contributed by atoms with Crippen LogP contribution < -0.4 is 5.32 Å². The minimum atomic E-state index is -0.146. The maximum absolute atomic E-state index is 12.4. The van der Waals surface area contributed by atoms with Gasteiger partial charge in [0.05, 0.1) is 17.1 Å². The highest BCUT2D eigenvalue weighted by Crippen LogP contribution is 2.35. The number of hydrogen-bond acceptors (Lipinski definition) is 4. The number of hydrogen-bond donors (Lipinski definition) is 1. The lowest BCUT2D eigenvalue weighted by atomic mass is 10.1. The monoisotopic (exact) mass is 307 g/mol. The van der Waals surface area contributed by atoms with Gasteiger partial charge in [-0.25, -0.2) is 0 Å². The van der Waals surface area contributed by atoms with E-state index in [-0.39, 0.29) is 17.3 Å². The fourth-order valence-corrected chi connectivity index (χ4v) is 3.55. The third-order valence-electron chi connectivity index (χ3n) is 3.55. The predicted molar refractivity (Wildman–Crippen MR) is 79.3 cm³/mol. The van der Waals surface area contributed by atoms with Gasteiger partial charge < -0.3 is 5.32 Å². The number of alkyl halides is 1. The number of fused-ring (bicyclic) bond motifs is 1. The molecule has 1 aliphatic rings. The summed E-state index contributed by atoms with van der Waals surface area (Å²) in [6.45, 7) is 1.96. The van der Waals surface area contributed by atoms with Gasteiger partial charge in [-0.15, -0.1) is 16.7 Å². The summed E-state index contributed by atoms with van der Waals surface area (Å²) in [7, 11) is 0. The van der Waals surface area contributed by atoms with Crippen LogP contribution in [0.25, 0.3) is 0 Å². The molecule has 3 rings (SSSR count). The SMILES string of the molecule is CCc1nnsc1C(=O)NC1c2ccccc2CC1Cl. The molecule has 2 atom stereocenters. The van der Waals surface area contributed by atoms with Crippen LogP contribution in [0.15, 0.2) is 24.3 Å².